The second-order valence-electron chi connectivity index (χ2n) is 2.73. The van der Waals surface area contributed by atoms with E-state index in [1.807, 2.05) is 0 Å². The van der Waals surface area contributed by atoms with Crippen LogP contribution in [0, 0.1) is 0 Å². The van der Waals surface area contributed by atoms with Gasteiger partial charge in [-0.1, -0.05) is 6.92 Å². The van der Waals surface area contributed by atoms with E-state index in [-0.39, 0.29) is 5.75 Å². The van der Waals surface area contributed by atoms with Gasteiger partial charge >= 0.3 is 5.97 Å². The number of nitrogens with zero attached hydrogens (tertiary/aromatic N) is 1. The van der Waals surface area contributed by atoms with Crippen molar-refractivity contribution in [1.29, 1.82) is 0 Å². The maximum Gasteiger partial charge on any atom is 0.319 e. The molecule has 0 aliphatic rings. The zero-order chi connectivity index (χ0) is 10.6. The maximum absolute atomic E-state index is 11.6. The molecule has 1 heterocycles. The van der Waals surface area contributed by atoms with E-state index in [1.165, 1.54) is 11.3 Å². The number of thiazole rings is 1. The quantitative estimate of drug-likeness (QED) is 0.831. The molecule has 0 spiro atoms. The van der Waals surface area contributed by atoms with Gasteiger partial charge in [0, 0.05) is 21.9 Å². The minimum Gasteiger partial charge on any atom is -0.480 e. The molecule has 0 amide bonds. The molecule has 0 saturated heterocycles. The van der Waals surface area contributed by atoms with Crippen LogP contribution in [0.2, 0.25) is 0 Å². The first-order valence-corrected chi connectivity index (χ1v) is 6.38. The van der Waals surface area contributed by atoms with Gasteiger partial charge in [-0.25, -0.2) is 0 Å². The smallest absolute Gasteiger partial charge is 0.319 e. The van der Waals surface area contributed by atoms with Crippen LogP contribution >= 0.6 is 11.3 Å². The van der Waals surface area contributed by atoms with Gasteiger partial charge in [0.2, 0.25) is 0 Å². The lowest BCUT2D eigenvalue weighted by atomic mass is 10.3. The number of hydrogen-bond acceptors (Lipinski definition) is 4. The van der Waals surface area contributed by atoms with Gasteiger partial charge in [0.15, 0.2) is 0 Å². The van der Waals surface area contributed by atoms with Gasteiger partial charge in [0.1, 0.15) is 5.25 Å². The lowest BCUT2D eigenvalue weighted by Crippen LogP contribution is -2.25. The predicted molar refractivity (Wildman–Crippen MR) is 55.7 cm³/mol. The van der Waals surface area contributed by atoms with Gasteiger partial charge in [0.05, 0.1) is 11.3 Å². The zero-order valence-electron chi connectivity index (χ0n) is 7.67. The number of aliphatic carboxylic acids is 1. The minimum absolute atomic E-state index is 0.287. The summed E-state index contributed by atoms with van der Waals surface area (Å²) in [5, 5.41) is 8.00. The Balaban J connectivity index is 2.61. The summed E-state index contributed by atoms with van der Waals surface area (Å²) in [7, 11) is -1.35. The molecular weight excluding hydrogens is 222 g/mol. The maximum atomic E-state index is 11.6. The number of aromatic nitrogens is 1. The summed E-state index contributed by atoms with van der Waals surface area (Å²) in [6.45, 7) is 1.73. The Morgan fingerprint density at radius 2 is 2.50 bits per heavy atom. The highest BCUT2D eigenvalue weighted by Gasteiger charge is 2.22. The molecule has 0 bridgehead atoms. The zero-order valence-corrected chi connectivity index (χ0v) is 9.31. The number of hydrogen-bond donors (Lipinski definition) is 1. The molecule has 0 saturated carbocycles. The second-order valence-corrected chi connectivity index (χ2v) is 5.32. The summed E-state index contributed by atoms with van der Waals surface area (Å²) in [6, 6.07) is 0. The van der Waals surface area contributed by atoms with Crippen molar-refractivity contribution in [3.63, 3.8) is 0 Å². The van der Waals surface area contributed by atoms with Crippen molar-refractivity contribution < 1.29 is 14.1 Å². The van der Waals surface area contributed by atoms with Crippen molar-refractivity contribution in [3.8, 4) is 0 Å². The molecule has 0 aromatic carbocycles. The monoisotopic (exact) mass is 233 g/mol. The van der Waals surface area contributed by atoms with Crippen LogP contribution in [0.4, 0.5) is 0 Å². The van der Waals surface area contributed by atoms with E-state index in [2.05, 4.69) is 4.98 Å². The van der Waals surface area contributed by atoms with E-state index in [0.717, 1.165) is 4.88 Å². The summed E-state index contributed by atoms with van der Waals surface area (Å²) in [5.41, 5.74) is 1.65. The van der Waals surface area contributed by atoms with Crippen LogP contribution in [0.5, 0.6) is 0 Å². The molecule has 0 fully saturated rings. The van der Waals surface area contributed by atoms with Crippen molar-refractivity contribution in [1.82, 2.24) is 4.98 Å². The third kappa shape index (κ3) is 2.88. The van der Waals surface area contributed by atoms with Gasteiger partial charge in [0.25, 0.3) is 0 Å². The SMILES string of the molecule is CCC(C(=O)O)S(=O)Cc1cncs1. The summed E-state index contributed by atoms with van der Waals surface area (Å²) >= 11 is 1.39. The topological polar surface area (TPSA) is 67.3 Å². The first-order valence-electron chi connectivity index (χ1n) is 4.12. The Kier molecular flexibility index (Phi) is 4.21. The Labute approximate surface area is 88.4 Å². The molecule has 78 valence electrons. The molecule has 2 unspecified atom stereocenters. The third-order valence-electron chi connectivity index (χ3n) is 1.73. The summed E-state index contributed by atoms with van der Waals surface area (Å²) in [6.07, 6.45) is 2.01. The number of carbonyl (C=O) groups is 1. The molecule has 14 heavy (non-hydrogen) atoms. The summed E-state index contributed by atoms with van der Waals surface area (Å²) < 4.78 is 11.6. The average Bonchev–Trinajstić information content (AvgIpc) is 2.57. The Hall–Kier alpha value is -0.750. The lowest BCUT2D eigenvalue weighted by Gasteiger charge is -2.07. The minimum atomic E-state index is -1.35. The van der Waals surface area contributed by atoms with Crippen LogP contribution in [0.1, 0.15) is 18.2 Å². The third-order valence-corrected chi connectivity index (χ3v) is 4.46. The van der Waals surface area contributed by atoms with E-state index in [9.17, 15) is 9.00 Å². The largest absolute Gasteiger partial charge is 0.480 e. The van der Waals surface area contributed by atoms with E-state index in [0.29, 0.717) is 6.42 Å². The number of rotatable bonds is 5. The van der Waals surface area contributed by atoms with Crippen LogP contribution in [-0.4, -0.2) is 25.5 Å². The van der Waals surface area contributed by atoms with Crippen LogP contribution in [-0.2, 0) is 21.3 Å². The molecule has 1 aromatic heterocycles. The molecule has 0 aliphatic heterocycles. The van der Waals surface area contributed by atoms with Crippen LogP contribution in [0.15, 0.2) is 11.7 Å². The lowest BCUT2D eigenvalue weighted by molar-refractivity contribution is -0.136. The first-order chi connectivity index (χ1) is 6.65. The van der Waals surface area contributed by atoms with Crippen LogP contribution in [0.3, 0.4) is 0 Å². The second kappa shape index (κ2) is 5.21. The highest BCUT2D eigenvalue weighted by Crippen LogP contribution is 2.13. The summed E-state index contributed by atoms with van der Waals surface area (Å²) in [4.78, 5) is 15.4. The highest BCUT2D eigenvalue weighted by atomic mass is 32.2. The molecule has 6 heteroatoms. The fraction of sp³-hybridized carbons (Fsp3) is 0.500. The molecule has 0 aliphatic carbocycles. The Morgan fingerprint density at radius 1 is 1.79 bits per heavy atom. The normalized spacial score (nSPS) is 14.9. The van der Waals surface area contributed by atoms with Crippen LogP contribution in [0.25, 0.3) is 0 Å². The van der Waals surface area contributed by atoms with Gasteiger partial charge in [-0.2, -0.15) is 0 Å². The van der Waals surface area contributed by atoms with E-state index >= 15 is 0 Å². The van der Waals surface area contributed by atoms with Crippen molar-refractivity contribution in [2.24, 2.45) is 0 Å². The van der Waals surface area contributed by atoms with Crippen molar-refractivity contribution in [3.05, 3.63) is 16.6 Å². The van der Waals surface area contributed by atoms with Gasteiger partial charge in [-0.15, -0.1) is 11.3 Å². The first kappa shape index (κ1) is 11.3. The van der Waals surface area contributed by atoms with E-state index in [1.54, 1.807) is 18.6 Å². The predicted octanol–water partition coefficient (Wildman–Crippen LogP) is 1.26. The van der Waals surface area contributed by atoms with E-state index in [4.69, 9.17) is 5.11 Å². The number of carboxylic acid groups (broad SMARTS) is 1. The molecule has 1 aromatic rings. The Bertz CT molecular complexity index is 323. The van der Waals surface area contributed by atoms with Crippen molar-refractivity contribution >= 4 is 28.1 Å². The summed E-state index contributed by atoms with van der Waals surface area (Å²) in [5.74, 6) is -0.703. The molecular formula is C8H11NO3S2. The molecule has 2 atom stereocenters. The van der Waals surface area contributed by atoms with Crippen molar-refractivity contribution in [2.75, 3.05) is 0 Å². The van der Waals surface area contributed by atoms with Gasteiger partial charge < -0.3 is 5.11 Å². The standard InChI is InChI=1S/C8H11NO3S2/c1-2-7(8(10)11)14(12)4-6-3-9-5-13-6/h3,5,7H,2,4H2,1H3,(H,10,11). The molecule has 1 rings (SSSR count). The fourth-order valence-electron chi connectivity index (χ4n) is 1.03. The van der Waals surface area contributed by atoms with Crippen LogP contribution < -0.4 is 0 Å². The van der Waals surface area contributed by atoms with Crippen molar-refractivity contribution in [2.45, 2.75) is 24.3 Å². The van der Waals surface area contributed by atoms with Gasteiger partial charge in [-0.3, -0.25) is 14.0 Å². The molecule has 1 N–H and O–H groups in total. The Morgan fingerprint density at radius 3 is 2.93 bits per heavy atom. The fourth-order valence-corrected chi connectivity index (χ4v) is 3.18. The highest BCUT2D eigenvalue weighted by molar-refractivity contribution is 7.85. The van der Waals surface area contributed by atoms with Gasteiger partial charge in [-0.05, 0) is 6.42 Å². The molecule has 0 radical (unpaired) electrons. The number of carboxylic acids is 1. The average molecular weight is 233 g/mol. The van der Waals surface area contributed by atoms with E-state index < -0.39 is 22.0 Å². The molecule has 4 nitrogen and oxygen atoms in total.